The Bertz CT molecular complexity index is 170. The van der Waals surface area contributed by atoms with E-state index >= 15 is 0 Å². The summed E-state index contributed by atoms with van der Waals surface area (Å²) in [5.74, 6) is 1.85. The maximum Gasteiger partial charge on any atom is 0.0462 e. The molecule has 0 amide bonds. The van der Waals surface area contributed by atoms with Gasteiger partial charge in [-0.3, -0.25) is 0 Å². The van der Waals surface area contributed by atoms with Gasteiger partial charge in [-0.15, -0.1) is 0 Å². The van der Waals surface area contributed by atoms with Gasteiger partial charge in [-0.2, -0.15) is 0 Å². The maximum absolute atomic E-state index is 5.15. The minimum Gasteiger partial charge on any atom is -0.385 e. The Kier molecular flexibility index (Phi) is 7.06. The van der Waals surface area contributed by atoms with Crippen LogP contribution in [0.3, 0.4) is 0 Å². The van der Waals surface area contributed by atoms with Gasteiger partial charge in [0.25, 0.3) is 0 Å². The van der Waals surface area contributed by atoms with Crippen molar-refractivity contribution in [2.45, 2.75) is 58.4 Å². The smallest absolute Gasteiger partial charge is 0.0462 e. The number of rotatable bonds is 7. The average molecular weight is 227 g/mol. The Hall–Kier alpha value is -0.0800. The fourth-order valence-electron chi connectivity index (χ4n) is 2.81. The van der Waals surface area contributed by atoms with Crippen LogP contribution in [-0.4, -0.2) is 26.3 Å². The highest BCUT2D eigenvalue weighted by atomic mass is 16.5. The predicted molar refractivity (Wildman–Crippen MR) is 69.7 cm³/mol. The van der Waals surface area contributed by atoms with Crippen LogP contribution in [0.25, 0.3) is 0 Å². The Morgan fingerprint density at radius 1 is 1.19 bits per heavy atom. The van der Waals surface area contributed by atoms with Crippen molar-refractivity contribution in [2.24, 2.45) is 11.8 Å². The first-order valence-electron chi connectivity index (χ1n) is 6.96. The van der Waals surface area contributed by atoms with Crippen LogP contribution in [0.4, 0.5) is 0 Å². The summed E-state index contributed by atoms with van der Waals surface area (Å²) in [4.78, 5) is 0. The van der Waals surface area contributed by atoms with E-state index in [2.05, 4.69) is 19.2 Å². The molecule has 2 nitrogen and oxygen atoms in total. The first kappa shape index (κ1) is 14.0. The van der Waals surface area contributed by atoms with Gasteiger partial charge in [0.15, 0.2) is 0 Å². The van der Waals surface area contributed by atoms with Crippen molar-refractivity contribution in [1.29, 1.82) is 0 Å². The lowest BCUT2D eigenvalue weighted by molar-refractivity contribution is 0.161. The van der Waals surface area contributed by atoms with Gasteiger partial charge in [0.2, 0.25) is 0 Å². The van der Waals surface area contributed by atoms with Crippen molar-refractivity contribution in [1.82, 2.24) is 5.32 Å². The van der Waals surface area contributed by atoms with E-state index < -0.39 is 0 Å². The highest BCUT2D eigenvalue weighted by Gasteiger charge is 2.24. The molecule has 0 aliphatic heterocycles. The SMILES string of the molecule is COCCCC1CCCCC1CNC(C)C. The zero-order valence-electron chi connectivity index (χ0n) is 11.3. The van der Waals surface area contributed by atoms with E-state index in [0.717, 1.165) is 18.4 Å². The molecule has 96 valence electrons. The molecule has 0 bridgehead atoms. The molecule has 2 unspecified atom stereocenters. The molecule has 0 spiro atoms. The lowest BCUT2D eigenvalue weighted by atomic mass is 9.77. The Morgan fingerprint density at radius 2 is 1.88 bits per heavy atom. The molecule has 2 heteroatoms. The van der Waals surface area contributed by atoms with E-state index in [-0.39, 0.29) is 0 Å². The van der Waals surface area contributed by atoms with Crippen molar-refractivity contribution in [2.75, 3.05) is 20.3 Å². The minimum atomic E-state index is 0.626. The molecule has 0 radical (unpaired) electrons. The summed E-state index contributed by atoms with van der Waals surface area (Å²) in [6, 6.07) is 0.626. The molecule has 1 aliphatic carbocycles. The van der Waals surface area contributed by atoms with Crippen molar-refractivity contribution in [3.8, 4) is 0 Å². The van der Waals surface area contributed by atoms with Crippen LogP contribution in [0.5, 0.6) is 0 Å². The van der Waals surface area contributed by atoms with Crippen molar-refractivity contribution in [3.63, 3.8) is 0 Å². The fourth-order valence-corrected chi connectivity index (χ4v) is 2.81. The largest absolute Gasteiger partial charge is 0.385 e. The molecule has 1 aliphatic rings. The van der Waals surface area contributed by atoms with Crippen LogP contribution >= 0.6 is 0 Å². The summed E-state index contributed by atoms with van der Waals surface area (Å²) in [6.07, 6.45) is 8.34. The number of methoxy groups -OCH3 is 1. The molecular weight excluding hydrogens is 198 g/mol. The van der Waals surface area contributed by atoms with E-state index in [4.69, 9.17) is 4.74 Å². The number of hydrogen-bond donors (Lipinski definition) is 1. The average Bonchev–Trinajstić information content (AvgIpc) is 2.28. The summed E-state index contributed by atoms with van der Waals surface area (Å²) in [7, 11) is 1.80. The fraction of sp³-hybridized carbons (Fsp3) is 1.00. The highest BCUT2D eigenvalue weighted by molar-refractivity contribution is 4.77. The Balaban J connectivity index is 2.26. The maximum atomic E-state index is 5.15. The topological polar surface area (TPSA) is 21.3 Å². The molecule has 0 heterocycles. The lowest BCUT2D eigenvalue weighted by Crippen LogP contribution is -2.34. The van der Waals surface area contributed by atoms with Gasteiger partial charge < -0.3 is 10.1 Å². The van der Waals surface area contributed by atoms with Crippen LogP contribution in [0.1, 0.15) is 52.4 Å². The normalized spacial score (nSPS) is 26.2. The van der Waals surface area contributed by atoms with E-state index in [9.17, 15) is 0 Å². The van der Waals surface area contributed by atoms with Crippen LogP contribution < -0.4 is 5.32 Å². The summed E-state index contributed by atoms with van der Waals surface area (Å²) < 4.78 is 5.15. The third-order valence-corrected chi connectivity index (χ3v) is 3.78. The van der Waals surface area contributed by atoms with Gasteiger partial charge in [0, 0.05) is 19.8 Å². The zero-order valence-corrected chi connectivity index (χ0v) is 11.3. The summed E-state index contributed by atoms with van der Waals surface area (Å²) in [5, 5.41) is 3.60. The summed E-state index contributed by atoms with van der Waals surface area (Å²) >= 11 is 0. The zero-order chi connectivity index (χ0) is 11.8. The van der Waals surface area contributed by atoms with Crippen molar-refractivity contribution in [3.05, 3.63) is 0 Å². The first-order chi connectivity index (χ1) is 7.74. The summed E-state index contributed by atoms with van der Waals surface area (Å²) in [5.41, 5.74) is 0. The molecular formula is C14H29NO. The second kappa shape index (κ2) is 8.08. The van der Waals surface area contributed by atoms with E-state index in [1.165, 1.54) is 45.1 Å². The second-order valence-electron chi connectivity index (χ2n) is 5.50. The number of ether oxygens (including phenoxy) is 1. The van der Waals surface area contributed by atoms with Gasteiger partial charge >= 0.3 is 0 Å². The minimum absolute atomic E-state index is 0.626. The van der Waals surface area contributed by atoms with E-state index in [1.807, 2.05) is 0 Å². The summed E-state index contributed by atoms with van der Waals surface area (Å²) in [6.45, 7) is 6.63. The Labute approximate surface area is 101 Å². The molecule has 1 rings (SSSR count). The third-order valence-electron chi connectivity index (χ3n) is 3.78. The Morgan fingerprint density at radius 3 is 2.50 bits per heavy atom. The van der Waals surface area contributed by atoms with Crippen LogP contribution in [0, 0.1) is 11.8 Å². The van der Waals surface area contributed by atoms with Gasteiger partial charge in [0.1, 0.15) is 0 Å². The van der Waals surface area contributed by atoms with Crippen LogP contribution in [0.15, 0.2) is 0 Å². The van der Waals surface area contributed by atoms with Gasteiger partial charge in [-0.25, -0.2) is 0 Å². The second-order valence-corrected chi connectivity index (χ2v) is 5.50. The molecule has 1 N–H and O–H groups in total. The molecule has 0 aromatic rings. The van der Waals surface area contributed by atoms with Gasteiger partial charge in [-0.1, -0.05) is 33.1 Å². The van der Waals surface area contributed by atoms with Crippen molar-refractivity contribution >= 4 is 0 Å². The lowest BCUT2D eigenvalue weighted by Gasteiger charge is -2.32. The van der Waals surface area contributed by atoms with Gasteiger partial charge in [0.05, 0.1) is 0 Å². The standard InChI is InChI=1S/C14H29NO/c1-12(2)15-11-14-8-5-4-7-13(14)9-6-10-16-3/h12-15H,4-11H2,1-3H3. The molecule has 0 aromatic carbocycles. The molecule has 2 atom stereocenters. The monoisotopic (exact) mass is 227 g/mol. The molecule has 16 heavy (non-hydrogen) atoms. The van der Waals surface area contributed by atoms with Crippen LogP contribution in [-0.2, 0) is 4.74 Å². The first-order valence-corrected chi connectivity index (χ1v) is 6.96. The highest BCUT2D eigenvalue weighted by Crippen LogP contribution is 2.32. The van der Waals surface area contributed by atoms with Gasteiger partial charge in [-0.05, 0) is 37.6 Å². The van der Waals surface area contributed by atoms with E-state index in [0.29, 0.717) is 6.04 Å². The number of nitrogens with one attached hydrogen (secondary N) is 1. The number of hydrogen-bond acceptors (Lipinski definition) is 2. The molecule has 1 saturated carbocycles. The molecule has 0 saturated heterocycles. The third kappa shape index (κ3) is 5.31. The van der Waals surface area contributed by atoms with Crippen LogP contribution in [0.2, 0.25) is 0 Å². The van der Waals surface area contributed by atoms with Crippen molar-refractivity contribution < 1.29 is 4.74 Å². The predicted octanol–water partition coefficient (Wildman–Crippen LogP) is 3.22. The quantitative estimate of drug-likeness (QED) is 0.674. The van der Waals surface area contributed by atoms with E-state index in [1.54, 1.807) is 7.11 Å². The molecule has 1 fully saturated rings. The molecule has 0 aromatic heterocycles.